The normalized spacial score (nSPS) is 21.9. The van der Waals surface area contributed by atoms with Crippen molar-refractivity contribution in [3.63, 3.8) is 0 Å². The molecule has 2 atom stereocenters. The van der Waals surface area contributed by atoms with Gasteiger partial charge in [-0.1, -0.05) is 0 Å². The number of rotatable bonds is 5. The van der Waals surface area contributed by atoms with Crippen LogP contribution in [-0.4, -0.2) is 36.4 Å². The molecule has 0 aromatic carbocycles. The van der Waals surface area contributed by atoms with Gasteiger partial charge < -0.3 is 15.2 Å². The van der Waals surface area contributed by atoms with Gasteiger partial charge in [0.05, 0.1) is 12.8 Å². The zero-order valence-corrected chi connectivity index (χ0v) is 9.30. The molecule has 0 spiro atoms. The molecular weight excluding hydrogens is 204 g/mol. The molecule has 2 N–H and O–H groups in total. The van der Waals surface area contributed by atoms with Crippen molar-refractivity contribution in [1.29, 1.82) is 0 Å². The van der Waals surface area contributed by atoms with E-state index in [2.05, 4.69) is 10.3 Å². The van der Waals surface area contributed by atoms with Gasteiger partial charge in [-0.3, -0.25) is 4.98 Å². The number of pyridine rings is 1. The van der Waals surface area contributed by atoms with Crippen LogP contribution in [0.2, 0.25) is 0 Å². The molecule has 0 amide bonds. The van der Waals surface area contributed by atoms with E-state index >= 15 is 0 Å². The summed E-state index contributed by atoms with van der Waals surface area (Å²) in [5.74, 6) is 1.52. The van der Waals surface area contributed by atoms with Crippen molar-refractivity contribution in [3.05, 3.63) is 24.5 Å². The maximum Gasteiger partial charge on any atom is 0.137 e. The Balaban J connectivity index is 1.83. The van der Waals surface area contributed by atoms with Gasteiger partial charge in [0.1, 0.15) is 5.75 Å². The van der Waals surface area contributed by atoms with Crippen molar-refractivity contribution in [1.82, 2.24) is 10.3 Å². The van der Waals surface area contributed by atoms with E-state index in [1.165, 1.54) is 0 Å². The Morgan fingerprint density at radius 2 is 2.56 bits per heavy atom. The van der Waals surface area contributed by atoms with Crippen LogP contribution in [0.1, 0.15) is 6.42 Å². The summed E-state index contributed by atoms with van der Waals surface area (Å²) in [6.07, 6.45) is 4.54. The molecular formula is C12H18N2O2. The van der Waals surface area contributed by atoms with Crippen LogP contribution in [0.3, 0.4) is 0 Å². The quantitative estimate of drug-likeness (QED) is 0.769. The number of aliphatic hydroxyl groups is 1. The molecule has 1 aromatic rings. The standard InChI is InChI=1S/C12H18N2O2/c15-8-11(10-3-5-14-6-10)9-16-12-2-1-4-13-7-12/h1-2,4,7,10-11,14-15H,3,5-6,8-9H2. The van der Waals surface area contributed by atoms with Crippen molar-refractivity contribution < 1.29 is 9.84 Å². The summed E-state index contributed by atoms with van der Waals surface area (Å²) in [6, 6.07) is 3.73. The first-order chi connectivity index (χ1) is 7.90. The number of aliphatic hydroxyl groups excluding tert-OH is 1. The van der Waals surface area contributed by atoms with Crippen molar-refractivity contribution in [2.75, 3.05) is 26.3 Å². The van der Waals surface area contributed by atoms with Crippen molar-refractivity contribution in [2.24, 2.45) is 11.8 Å². The molecule has 88 valence electrons. The fourth-order valence-electron chi connectivity index (χ4n) is 2.05. The predicted molar refractivity (Wildman–Crippen MR) is 61.3 cm³/mol. The van der Waals surface area contributed by atoms with E-state index in [1.807, 2.05) is 12.1 Å². The summed E-state index contributed by atoms with van der Waals surface area (Å²) in [7, 11) is 0. The van der Waals surface area contributed by atoms with Gasteiger partial charge in [0.2, 0.25) is 0 Å². The SMILES string of the molecule is OCC(COc1cccnc1)C1CCNC1. The molecule has 1 aliphatic heterocycles. The minimum absolute atomic E-state index is 0.187. The van der Waals surface area contributed by atoms with Crippen LogP contribution in [0, 0.1) is 11.8 Å². The lowest BCUT2D eigenvalue weighted by Crippen LogP contribution is -2.26. The first-order valence-electron chi connectivity index (χ1n) is 5.74. The van der Waals surface area contributed by atoms with Gasteiger partial charge in [-0.2, -0.15) is 0 Å². The highest BCUT2D eigenvalue weighted by Gasteiger charge is 2.24. The molecule has 2 unspecified atom stereocenters. The number of aromatic nitrogens is 1. The van der Waals surface area contributed by atoms with Crippen LogP contribution >= 0.6 is 0 Å². The molecule has 16 heavy (non-hydrogen) atoms. The van der Waals surface area contributed by atoms with Gasteiger partial charge in [0.15, 0.2) is 0 Å². The Morgan fingerprint density at radius 1 is 1.62 bits per heavy atom. The predicted octanol–water partition coefficient (Wildman–Crippen LogP) is 0.678. The van der Waals surface area contributed by atoms with E-state index in [-0.39, 0.29) is 12.5 Å². The molecule has 2 rings (SSSR count). The van der Waals surface area contributed by atoms with Crippen LogP contribution in [0.4, 0.5) is 0 Å². The molecule has 1 saturated heterocycles. The summed E-state index contributed by atoms with van der Waals surface area (Å²) in [5, 5.41) is 12.6. The first kappa shape index (κ1) is 11.4. The highest BCUT2D eigenvalue weighted by molar-refractivity contribution is 5.15. The molecule has 1 aliphatic rings. The van der Waals surface area contributed by atoms with Crippen LogP contribution < -0.4 is 10.1 Å². The average Bonchev–Trinajstić information content (AvgIpc) is 2.85. The van der Waals surface area contributed by atoms with E-state index in [0.717, 1.165) is 25.3 Å². The third kappa shape index (κ3) is 2.93. The lowest BCUT2D eigenvalue weighted by molar-refractivity contribution is 0.123. The smallest absolute Gasteiger partial charge is 0.137 e. The summed E-state index contributed by atoms with van der Waals surface area (Å²) in [5.41, 5.74) is 0. The molecule has 1 fully saturated rings. The minimum atomic E-state index is 0.187. The molecule has 0 aliphatic carbocycles. The Kier molecular flexibility index (Phi) is 4.13. The largest absolute Gasteiger partial charge is 0.492 e. The molecule has 0 saturated carbocycles. The molecule has 0 bridgehead atoms. The van der Waals surface area contributed by atoms with Gasteiger partial charge in [0, 0.05) is 18.7 Å². The van der Waals surface area contributed by atoms with Crippen molar-refractivity contribution >= 4 is 0 Å². The van der Waals surface area contributed by atoms with Gasteiger partial charge in [-0.25, -0.2) is 0 Å². The highest BCUT2D eigenvalue weighted by Crippen LogP contribution is 2.20. The fourth-order valence-corrected chi connectivity index (χ4v) is 2.05. The fraction of sp³-hybridized carbons (Fsp3) is 0.583. The number of ether oxygens (including phenoxy) is 1. The Hall–Kier alpha value is -1.13. The number of nitrogens with zero attached hydrogens (tertiary/aromatic N) is 1. The summed E-state index contributed by atoms with van der Waals surface area (Å²) in [6.45, 7) is 2.79. The monoisotopic (exact) mass is 222 g/mol. The van der Waals surface area contributed by atoms with E-state index in [9.17, 15) is 5.11 Å². The summed E-state index contributed by atoms with van der Waals surface area (Å²) in [4.78, 5) is 3.99. The molecule has 0 radical (unpaired) electrons. The molecule has 4 heteroatoms. The van der Waals surface area contributed by atoms with Crippen LogP contribution in [0.15, 0.2) is 24.5 Å². The lowest BCUT2D eigenvalue weighted by Gasteiger charge is -2.20. The van der Waals surface area contributed by atoms with E-state index < -0.39 is 0 Å². The second-order valence-electron chi connectivity index (χ2n) is 4.20. The second kappa shape index (κ2) is 5.82. The Labute approximate surface area is 95.7 Å². The van der Waals surface area contributed by atoms with E-state index in [1.54, 1.807) is 12.4 Å². The topological polar surface area (TPSA) is 54.4 Å². The molecule has 1 aromatic heterocycles. The second-order valence-corrected chi connectivity index (χ2v) is 4.20. The molecule has 2 heterocycles. The highest BCUT2D eigenvalue weighted by atomic mass is 16.5. The van der Waals surface area contributed by atoms with Crippen molar-refractivity contribution in [3.8, 4) is 5.75 Å². The maximum atomic E-state index is 9.34. The summed E-state index contributed by atoms with van der Waals surface area (Å²) >= 11 is 0. The number of nitrogens with one attached hydrogen (secondary N) is 1. The average molecular weight is 222 g/mol. The zero-order chi connectivity index (χ0) is 11.2. The maximum absolute atomic E-state index is 9.34. The number of hydrogen-bond acceptors (Lipinski definition) is 4. The van der Waals surface area contributed by atoms with Crippen LogP contribution in [-0.2, 0) is 0 Å². The summed E-state index contributed by atoms with van der Waals surface area (Å²) < 4.78 is 5.62. The zero-order valence-electron chi connectivity index (χ0n) is 9.30. The lowest BCUT2D eigenvalue weighted by atomic mass is 9.93. The third-order valence-electron chi connectivity index (χ3n) is 3.10. The van der Waals surface area contributed by atoms with Crippen LogP contribution in [0.5, 0.6) is 5.75 Å². The first-order valence-corrected chi connectivity index (χ1v) is 5.74. The van der Waals surface area contributed by atoms with Gasteiger partial charge >= 0.3 is 0 Å². The van der Waals surface area contributed by atoms with E-state index in [4.69, 9.17) is 4.74 Å². The van der Waals surface area contributed by atoms with Crippen LogP contribution in [0.25, 0.3) is 0 Å². The number of hydrogen-bond donors (Lipinski definition) is 2. The van der Waals surface area contributed by atoms with Crippen molar-refractivity contribution in [2.45, 2.75) is 6.42 Å². The van der Waals surface area contributed by atoms with Gasteiger partial charge in [-0.05, 0) is 37.6 Å². The Bertz CT molecular complexity index is 299. The van der Waals surface area contributed by atoms with Gasteiger partial charge in [-0.15, -0.1) is 0 Å². The van der Waals surface area contributed by atoms with Gasteiger partial charge in [0.25, 0.3) is 0 Å². The molecule has 4 nitrogen and oxygen atoms in total. The minimum Gasteiger partial charge on any atom is -0.492 e. The third-order valence-corrected chi connectivity index (χ3v) is 3.10. The van der Waals surface area contributed by atoms with E-state index in [0.29, 0.717) is 12.5 Å². The Morgan fingerprint density at radius 3 is 3.19 bits per heavy atom.